The number of amides is 1. The summed E-state index contributed by atoms with van der Waals surface area (Å²) < 4.78 is 1.05. The molecule has 0 unspecified atom stereocenters. The van der Waals surface area contributed by atoms with Gasteiger partial charge in [-0.2, -0.15) is 4.68 Å². The molecule has 0 aliphatic heterocycles. The number of carboxylic acids is 1. The van der Waals surface area contributed by atoms with E-state index in [1.807, 2.05) is 31.2 Å². The van der Waals surface area contributed by atoms with Gasteiger partial charge < -0.3 is 15.5 Å². The van der Waals surface area contributed by atoms with Crippen LogP contribution < -0.4 is 11.0 Å². The molecule has 0 saturated heterocycles. The second-order valence-corrected chi connectivity index (χ2v) is 8.73. The molecule has 4 N–H and O–H groups in total. The van der Waals surface area contributed by atoms with Gasteiger partial charge in [-0.15, -0.1) is 5.10 Å². The van der Waals surface area contributed by atoms with E-state index in [0.717, 1.165) is 15.8 Å². The van der Waals surface area contributed by atoms with Crippen LogP contribution in [0, 0.1) is 0 Å². The number of nitrogens with zero attached hydrogens (tertiary/aromatic N) is 2. The van der Waals surface area contributed by atoms with Crippen LogP contribution in [0.1, 0.15) is 35.9 Å². The fourth-order valence-corrected chi connectivity index (χ4v) is 3.74. The number of allylic oxidation sites excluding steroid dienone is 4. The van der Waals surface area contributed by atoms with E-state index < -0.39 is 29.7 Å². The van der Waals surface area contributed by atoms with Crippen LogP contribution in [-0.2, 0) is 4.79 Å². The van der Waals surface area contributed by atoms with E-state index in [-0.39, 0.29) is 18.7 Å². The Labute approximate surface area is 218 Å². The summed E-state index contributed by atoms with van der Waals surface area (Å²) in [6.45, 7) is 5.72. The van der Waals surface area contributed by atoms with Crippen molar-refractivity contribution in [1.29, 1.82) is 0 Å². The largest absolute Gasteiger partial charge is 0.479 e. The number of aliphatic hydroxyl groups is 1. The van der Waals surface area contributed by atoms with Crippen LogP contribution in [0.25, 0.3) is 11.3 Å². The van der Waals surface area contributed by atoms with Gasteiger partial charge in [0, 0.05) is 17.5 Å². The van der Waals surface area contributed by atoms with Crippen molar-refractivity contribution in [3.8, 4) is 5.69 Å². The molecule has 2 atom stereocenters. The van der Waals surface area contributed by atoms with Gasteiger partial charge in [0.15, 0.2) is 6.10 Å². The van der Waals surface area contributed by atoms with Gasteiger partial charge in [0.2, 0.25) is 5.82 Å². The van der Waals surface area contributed by atoms with E-state index in [0.29, 0.717) is 16.3 Å². The fourth-order valence-electron chi connectivity index (χ4n) is 3.55. The number of aromatic amines is 1. The summed E-state index contributed by atoms with van der Waals surface area (Å²) in [4.78, 5) is 38.9. The number of aliphatic carboxylic acids is 1. The molecule has 0 aliphatic rings. The number of carboxylic acid groups (broad SMARTS) is 1. The van der Waals surface area contributed by atoms with Crippen LogP contribution in [0.15, 0.2) is 89.8 Å². The van der Waals surface area contributed by atoms with E-state index in [9.17, 15) is 24.6 Å². The first-order chi connectivity index (χ1) is 17.7. The van der Waals surface area contributed by atoms with Crippen molar-refractivity contribution in [3.63, 3.8) is 0 Å². The molecule has 1 aromatic heterocycles. The lowest BCUT2D eigenvalue weighted by molar-refractivity contribution is -0.147. The van der Waals surface area contributed by atoms with Crippen LogP contribution >= 0.6 is 11.6 Å². The van der Waals surface area contributed by atoms with Crippen LogP contribution in [0.2, 0.25) is 5.02 Å². The molecule has 0 fully saturated rings. The van der Waals surface area contributed by atoms with Gasteiger partial charge >= 0.3 is 11.7 Å². The number of hydrogen-bond donors (Lipinski definition) is 4. The Morgan fingerprint density at radius 3 is 2.57 bits per heavy atom. The Balaban J connectivity index is 1.81. The van der Waals surface area contributed by atoms with Gasteiger partial charge in [0.1, 0.15) is 0 Å². The monoisotopic (exact) mass is 522 g/mol. The summed E-state index contributed by atoms with van der Waals surface area (Å²) in [5.74, 6) is -2.38. The predicted molar refractivity (Wildman–Crippen MR) is 142 cm³/mol. The summed E-state index contributed by atoms with van der Waals surface area (Å²) in [6, 6.07) is 15.1. The van der Waals surface area contributed by atoms with Gasteiger partial charge in [-0.25, -0.2) is 9.59 Å². The Morgan fingerprint density at radius 1 is 1.19 bits per heavy atom. The minimum absolute atomic E-state index is 0.169. The lowest BCUT2D eigenvalue weighted by Crippen LogP contribution is -2.40. The molecule has 0 aliphatic carbocycles. The van der Waals surface area contributed by atoms with E-state index in [1.165, 1.54) is 0 Å². The third-order valence-corrected chi connectivity index (χ3v) is 5.77. The SMILES string of the molecule is C=C/C(=C\C=C(/C)c1cccc(Cl)c1)C[C@H](C[C@@H](O)C(=O)O)NC(=O)c1nn(-c2ccccc2)c(=O)[nH]1. The number of halogens is 1. The number of para-hydroxylation sites is 1. The molecule has 0 spiro atoms. The number of nitrogens with one attached hydrogen (secondary N) is 2. The Morgan fingerprint density at radius 2 is 1.92 bits per heavy atom. The number of H-pyrrole nitrogens is 1. The first kappa shape index (κ1) is 27.4. The standard InChI is InChI=1S/C27H27ClN4O5/c1-3-18(13-12-17(2)19-8-7-9-20(28)15-19)14-21(16-23(33)26(35)36)29-25(34)24-30-27(37)32(31-24)22-10-5-4-6-11-22/h3-13,15,21,23,33H,1,14,16H2,2H3,(H,29,34)(H,35,36)(H,30,31,37)/b17-12+,18-13+/t21-,23-/m1/s1. The number of carbonyl (C=O) groups excluding carboxylic acids is 1. The zero-order chi connectivity index (χ0) is 26.9. The maximum atomic E-state index is 12.9. The Hall–Kier alpha value is -4.21. The van der Waals surface area contributed by atoms with Gasteiger partial charge in [0.05, 0.1) is 5.69 Å². The number of hydrogen-bond acceptors (Lipinski definition) is 5. The molecule has 192 valence electrons. The minimum Gasteiger partial charge on any atom is -0.479 e. The quantitative estimate of drug-likeness (QED) is 0.283. The van der Waals surface area contributed by atoms with Crippen molar-refractivity contribution in [3.05, 3.63) is 112 Å². The molecule has 10 heteroatoms. The number of benzene rings is 2. The molecule has 0 bridgehead atoms. The van der Waals surface area contributed by atoms with E-state index >= 15 is 0 Å². The molecule has 0 radical (unpaired) electrons. The van der Waals surface area contributed by atoms with E-state index in [4.69, 9.17) is 11.6 Å². The fraction of sp³-hybridized carbons (Fsp3) is 0.185. The average molecular weight is 523 g/mol. The summed E-state index contributed by atoms with van der Waals surface area (Å²) in [5.41, 5.74) is 2.41. The van der Waals surface area contributed by atoms with Crippen LogP contribution in [0.5, 0.6) is 0 Å². The molecule has 3 aromatic rings. The molecule has 9 nitrogen and oxygen atoms in total. The molecule has 1 amide bonds. The second kappa shape index (κ2) is 12.7. The summed E-state index contributed by atoms with van der Waals surface area (Å²) in [6.07, 6.45) is 3.42. The smallest absolute Gasteiger partial charge is 0.348 e. The normalized spacial score (nSPS) is 13.6. The zero-order valence-electron chi connectivity index (χ0n) is 20.1. The van der Waals surface area contributed by atoms with E-state index in [2.05, 4.69) is 22.0 Å². The molecular formula is C27H27ClN4O5. The van der Waals surface area contributed by atoms with Crippen LogP contribution in [0.3, 0.4) is 0 Å². The van der Waals surface area contributed by atoms with Crippen LogP contribution in [0.4, 0.5) is 0 Å². The number of aliphatic hydroxyl groups excluding tert-OH is 1. The summed E-state index contributed by atoms with van der Waals surface area (Å²) >= 11 is 6.07. The number of carbonyl (C=O) groups is 2. The maximum absolute atomic E-state index is 12.9. The predicted octanol–water partition coefficient (Wildman–Crippen LogP) is 3.75. The highest BCUT2D eigenvalue weighted by Crippen LogP contribution is 2.20. The molecule has 1 heterocycles. The molecule has 3 rings (SSSR count). The van der Waals surface area contributed by atoms with Crippen molar-refractivity contribution in [1.82, 2.24) is 20.1 Å². The van der Waals surface area contributed by atoms with Crippen molar-refractivity contribution in [2.24, 2.45) is 0 Å². The first-order valence-electron chi connectivity index (χ1n) is 11.4. The second-order valence-electron chi connectivity index (χ2n) is 8.30. The molecule has 0 saturated carbocycles. The van der Waals surface area contributed by atoms with Gasteiger partial charge in [-0.3, -0.25) is 9.78 Å². The Bertz CT molecular complexity index is 1390. The van der Waals surface area contributed by atoms with Gasteiger partial charge in [0.25, 0.3) is 5.91 Å². The van der Waals surface area contributed by atoms with Crippen molar-refractivity contribution in [2.75, 3.05) is 0 Å². The minimum atomic E-state index is -1.71. The first-order valence-corrected chi connectivity index (χ1v) is 11.8. The molecular weight excluding hydrogens is 496 g/mol. The van der Waals surface area contributed by atoms with Crippen molar-refractivity contribution in [2.45, 2.75) is 31.9 Å². The lowest BCUT2D eigenvalue weighted by Gasteiger charge is -2.20. The highest BCUT2D eigenvalue weighted by atomic mass is 35.5. The highest BCUT2D eigenvalue weighted by Gasteiger charge is 2.24. The molecule has 37 heavy (non-hydrogen) atoms. The van der Waals surface area contributed by atoms with Crippen molar-refractivity contribution < 1.29 is 19.8 Å². The zero-order valence-corrected chi connectivity index (χ0v) is 20.9. The van der Waals surface area contributed by atoms with Gasteiger partial charge in [-0.05, 0) is 54.3 Å². The topological polar surface area (TPSA) is 137 Å². The number of aromatic nitrogens is 3. The van der Waals surface area contributed by atoms with Crippen LogP contribution in [-0.4, -0.2) is 49.0 Å². The highest BCUT2D eigenvalue weighted by molar-refractivity contribution is 6.30. The third-order valence-electron chi connectivity index (χ3n) is 5.53. The number of rotatable bonds is 11. The maximum Gasteiger partial charge on any atom is 0.348 e. The lowest BCUT2D eigenvalue weighted by atomic mass is 9.99. The average Bonchev–Trinajstić information content (AvgIpc) is 3.28. The third kappa shape index (κ3) is 7.63. The van der Waals surface area contributed by atoms with E-state index in [1.54, 1.807) is 48.6 Å². The molecule has 2 aromatic carbocycles. The Kier molecular flexibility index (Phi) is 9.37. The van der Waals surface area contributed by atoms with Crippen molar-refractivity contribution >= 4 is 29.1 Å². The summed E-state index contributed by atoms with van der Waals surface area (Å²) in [5, 5.41) is 26.5. The van der Waals surface area contributed by atoms with Gasteiger partial charge in [-0.1, -0.05) is 66.7 Å². The summed E-state index contributed by atoms with van der Waals surface area (Å²) in [7, 11) is 0.